The molecule has 0 aromatic heterocycles. The van der Waals surface area contributed by atoms with E-state index in [-0.39, 0.29) is 34.9 Å². The molecule has 3 aromatic rings. The third-order valence-corrected chi connectivity index (χ3v) is 6.96. The predicted molar refractivity (Wildman–Crippen MR) is 161 cm³/mol. The zero-order chi connectivity index (χ0) is 28.2. The first kappa shape index (κ1) is 31.6. The van der Waals surface area contributed by atoms with E-state index >= 15 is 0 Å². The van der Waals surface area contributed by atoms with Crippen LogP contribution in [-0.4, -0.2) is 41.9 Å². The van der Waals surface area contributed by atoms with Crippen LogP contribution in [0.1, 0.15) is 46.5 Å². The minimum Gasteiger partial charge on any atom is -0.372 e. The van der Waals surface area contributed by atoms with Gasteiger partial charge in [0.05, 0.1) is 5.56 Å². The van der Waals surface area contributed by atoms with E-state index in [1.54, 1.807) is 18.2 Å². The van der Waals surface area contributed by atoms with Crippen molar-refractivity contribution < 1.29 is 18.8 Å². The monoisotopic (exact) mass is 573 g/mol. The van der Waals surface area contributed by atoms with Crippen molar-refractivity contribution in [1.82, 2.24) is 0 Å². The maximum atomic E-state index is 13.8. The van der Waals surface area contributed by atoms with Crippen molar-refractivity contribution in [3.05, 3.63) is 99.3 Å². The number of hydrogen-bond acceptors (Lipinski definition) is 6. The number of ketones is 3. The molecule has 0 saturated carbocycles. The summed E-state index contributed by atoms with van der Waals surface area (Å²) >= 11 is 13.8. The molecule has 0 fully saturated rings. The van der Waals surface area contributed by atoms with Crippen LogP contribution in [0.4, 0.5) is 10.1 Å². The van der Waals surface area contributed by atoms with Crippen LogP contribution >= 0.6 is 36.9 Å². The van der Waals surface area contributed by atoms with Crippen LogP contribution in [0.15, 0.2) is 60.7 Å². The maximum absolute atomic E-state index is 13.8. The SMILES string of the molecule is CCN(CC)c1ccc(CC(=O)CS)c(C)c1.O=C(CS)Cc1ccc(Cl)cc1C(=O)c1ccccc1F. The number of aryl methyl sites for hydroxylation is 1. The molecular formula is C30H33ClFNO3S2. The van der Waals surface area contributed by atoms with Crippen LogP contribution < -0.4 is 4.90 Å². The van der Waals surface area contributed by atoms with Gasteiger partial charge in [-0.3, -0.25) is 14.4 Å². The van der Waals surface area contributed by atoms with Crippen molar-refractivity contribution in [2.24, 2.45) is 0 Å². The Hall–Kier alpha value is -2.61. The maximum Gasteiger partial charge on any atom is 0.196 e. The summed E-state index contributed by atoms with van der Waals surface area (Å²) < 4.78 is 13.8. The van der Waals surface area contributed by atoms with Crippen molar-refractivity contribution in [3.63, 3.8) is 0 Å². The summed E-state index contributed by atoms with van der Waals surface area (Å²) in [5, 5.41) is 0.358. The Morgan fingerprint density at radius 1 is 0.816 bits per heavy atom. The van der Waals surface area contributed by atoms with Gasteiger partial charge < -0.3 is 4.90 Å². The average Bonchev–Trinajstić information content (AvgIpc) is 2.92. The average molecular weight is 574 g/mol. The van der Waals surface area contributed by atoms with Gasteiger partial charge in [-0.25, -0.2) is 4.39 Å². The fourth-order valence-corrected chi connectivity index (χ4v) is 4.30. The molecule has 202 valence electrons. The number of rotatable bonds is 11. The third kappa shape index (κ3) is 9.00. The number of carbonyl (C=O) groups is 3. The summed E-state index contributed by atoms with van der Waals surface area (Å²) in [6.45, 7) is 8.37. The summed E-state index contributed by atoms with van der Waals surface area (Å²) in [5.41, 5.74) is 4.24. The van der Waals surface area contributed by atoms with Crippen molar-refractivity contribution in [2.75, 3.05) is 29.5 Å². The standard InChI is InChI=1S/C16H12ClFO2S.C14H21NOS/c17-11-6-5-10(7-12(19)9-21)14(8-11)16(20)13-3-1-2-4-15(13)18;1-4-15(5-2)13-7-6-12(11(3)8-13)9-14(16)10-17/h1-6,8,21H,7,9H2;6-8,17H,4-5,9-10H2,1-3H3. The molecule has 0 unspecified atom stereocenters. The number of anilines is 1. The fourth-order valence-electron chi connectivity index (χ4n) is 3.91. The second-order valence-electron chi connectivity index (χ2n) is 8.64. The van der Waals surface area contributed by atoms with Gasteiger partial charge in [0.15, 0.2) is 5.78 Å². The van der Waals surface area contributed by atoms with E-state index in [1.807, 2.05) is 0 Å². The van der Waals surface area contributed by atoms with E-state index in [0.717, 1.165) is 18.7 Å². The molecule has 3 rings (SSSR count). The number of benzene rings is 3. The smallest absolute Gasteiger partial charge is 0.196 e. The van der Waals surface area contributed by atoms with Gasteiger partial charge in [0.1, 0.15) is 17.4 Å². The number of hydrogen-bond donors (Lipinski definition) is 2. The largest absolute Gasteiger partial charge is 0.372 e. The highest BCUT2D eigenvalue weighted by Crippen LogP contribution is 2.22. The van der Waals surface area contributed by atoms with E-state index in [9.17, 15) is 18.8 Å². The van der Waals surface area contributed by atoms with Crippen LogP contribution in [-0.2, 0) is 22.4 Å². The summed E-state index contributed by atoms with van der Waals surface area (Å²) in [6, 6.07) is 16.7. The van der Waals surface area contributed by atoms with E-state index in [1.165, 1.54) is 35.5 Å². The lowest BCUT2D eigenvalue weighted by molar-refractivity contribution is -0.116. The summed E-state index contributed by atoms with van der Waals surface area (Å²) in [7, 11) is 0. The molecule has 8 heteroatoms. The summed E-state index contributed by atoms with van der Waals surface area (Å²) in [6.07, 6.45) is 0.560. The third-order valence-electron chi connectivity index (χ3n) is 6.02. The van der Waals surface area contributed by atoms with Crippen molar-refractivity contribution in [2.45, 2.75) is 33.6 Å². The van der Waals surface area contributed by atoms with Gasteiger partial charge in [0, 0.05) is 53.7 Å². The molecule has 0 spiro atoms. The van der Waals surface area contributed by atoms with E-state index in [0.29, 0.717) is 22.8 Å². The van der Waals surface area contributed by atoms with Crippen molar-refractivity contribution >= 4 is 59.9 Å². The Morgan fingerprint density at radius 2 is 1.39 bits per heavy atom. The fraction of sp³-hybridized carbons (Fsp3) is 0.300. The molecule has 0 aliphatic rings. The minimum atomic E-state index is -0.603. The summed E-state index contributed by atoms with van der Waals surface area (Å²) in [4.78, 5) is 37.7. The molecule has 0 radical (unpaired) electrons. The molecule has 38 heavy (non-hydrogen) atoms. The van der Waals surface area contributed by atoms with Gasteiger partial charge in [-0.2, -0.15) is 25.3 Å². The second-order valence-corrected chi connectivity index (χ2v) is 9.71. The number of carbonyl (C=O) groups excluding carboxylic acids is 3. The second kappa shape index (κ2) is 15.7. The van der Waals surface area contributed by atoms with Crippen LogP contribution in [0.5, 0.6) is 0 Å². The van der Waals surface area contributed by atoms with E-state index in [2.05, 4.69) is 69.1 Å². The lowest BCUT2D eigenvalue weighted by Gasteiger charge is -2.22. The molecule has 0 aliphatic heterocycles. The molecule has 0 amide bonds. The number of halogens is 2. The van der Waals surface area contributed by atoms with Gasteiger partial charge in [-0.15, -0.1) is 0 Å². The lowest BCUT2D eigenvalue weighted by Crippen LogP contribution is -2.21. The molecule has 4 nitrogen and oxygen atoms in total. The first-order valence-corrected chi connectivity index (χ1v) is 14.0. The number of Topliss-reactive ketones (excluding diaryl/α,β-unsaturated/α-hetero) is 2. The Bertz CT molecular complexity index is 1280. The van der Waals surface area contributed by atoms with Crippen molar-refractivity contribution in [1.29, 1.82) is 0 Å². The highest BCUT2D eigenvalue weighted by molar-refractivity contribution is 7.81. The van der Waals surface area contributed by atoms with Crippen LogP contribution in [0.3, 0.4) is 0 Å². The molecular weight excluding hydrogens is 541 g/mol. The Morgan fingerprint density at radius 3 is 1.95 bits per heavy atom. The van der Waals surface area contributed by atoms with E-state index in [4.69, 9.17) is 11.6 Å². The minimum absolute atomic E-state index is 0.0423. The van der Waals surface area contributed by atoms with Gasteiger partial charge in [-0.1, -0.05) is 35.9 Å². The molecule has 0 aliphatic carbocycles. The Kier molecular flexibility index (Phi) is 13.1. The van der Waals surface area contributed by atoms with Crippen molar-refractivity contribution in [3.8, 4) is 0 Å². The highest BCUT2D eigenvalue weighted by Gasteiger charge is 2.18. The number of thiol groups is 2. The van der Waals surface area contributed by atoms with Gasteiger partial charge in [0.25, 0.3) is 0 Å². The van der Waals surface area contributed by atoms with Crippen LogP contribution in [0.25, 0.3) is 0 Å². The van der Waals surface area contributed by atoms with Gasteiger partial charge >= 0.3 is 0 Å². The highest BCUT2D eigenvalue weighted by atomic mass is 35.5. The number of nitrogens with zero attached hydrogens (tertiary/aromatic N) is 1. The normalized spacial score (nSPS) is 10.4. The first-order chi connectivity index (χ1) is 18.1. The van der Waals surface area contributed by atoms with Gasteiger partial charge in [0.2, 0.25) is 0 Å². The topological polar surface area (TPSA) is 54.5 Å². The molecule has 3 aromatic carbocycles. The predicted octanol–water partition coefficient (Wildman–Crippen LogP) is 6.63. The molecule has 0 N–H and O–H groups in total. The van der Waals surface area contributed by atoms with Crippen LogP contribution in [0.2, 0.25) is 5.02 Å². The zero-order valence-corrected chi connectivity index (χ0v) is 24.4. The molecule has 0 saturated heterocycles. The Labute approximate surface area is 240 Å². The lowest BCUT2D eigenvalue weighted by atomic mass is 9.95. The zero-order valence-electron chi connectivity index (χ0n) is 21.8. The first-order valence-electron chi connectivity index (χ1n) is 12.3. The van der Waals surface area contributed by atoms with Gasteiger partial charge in [-0.05, 0) is 73.9 Å². The van der Waals surface area contributed by atoms with E-state index < -0.39 is 11.6 Å². The molecule has 0 atom stereocenters. The quantitative estimate of drug-likeness (QED) is 0.200. The Balaban J connectivity index is 0.000000273. The molecule has 0 heterocycles. The molecule has 0 bridgehead atoms. The van der Waals surface area contributed by atoms with Crippen LogP contribution in [0, 0.1) is 12.7 Å². The summed E-state index contributed by atoms with van der Waals surface area (Å²) in [5.74, 6) is -0.644.